The van der Waals surface area contributed by atoms with Crippen LogP contribution in [-0.4, -0.2) is 31.1 Å². The van der Waals surface area contributed by atoms with E-state index in [1.54, 1.807) is 6.07 Å². The maximum absolute atomic E-state index is 13.8. The van der Waals surface area contributed by atoms with Crippen molar-refractivity contribution in [2.75, 3.05) is 7.11 Å². The summed E-state index contributed by atoms with van der Waals surface area (Å²) in [6.07, 6.45) is 1.39. The van der Waals surface area contributed by atoms with Crippen LogP contribution in [0.25, 0.3) is 0 Å². The highest BCUT2D eigenvalue weighted by Crippen LogP contribution is 2.49. The molecule has 2 unspecified atom stereocenters. The van der Waals surface area contributed by atoms with E-state index < -0.39 is 31.8 Å². The van der Waals surface area contributed by atoms with Crippen LogP contribution in [-0.2, 0) is 15.4 Å². The third-order valence-electron chi connectivity index (χ3n) is 4.54. The number of para-hydroxylation sites is 1. The van der Waals surface area contributed by atoms with Gasteiger partial charge in [-0.1, -0.05) is 12.1 Å². The number of methoxy groups -OCH3 is 1. The van der Waals surface area contributed by atoms with Crippen molar-refractivity contribution in [1.29, 1.82) is 0 Å². The van der Waals surface area contributed by atoms with E-state index in [-0.39, 0.29) is 18.6 Å². The van der Waals surface area contributed by atoms with Crippen LogP contribution in [0.2, 0.25) is 0 Å². The van der Waals surface area contributed by atoms with Crippen LogP contribution >= 0.6 is 0 Å². The van der Waals surface area contributed by atoms with Crippen molar-refractivity contribution in [3.63, 3.8) is 0 Å². The van der Waals surface area contributed by atoms with Crippen molar-refractivity contribution >= 4 is 9.84 Å². The summed E-state index contributed by atoms with van der Waals surface area (Å²) in [7, 11) is -1.79. The van der Waals surface area contributed by atoms with Gasteiger partial charge in [-0.25, -0.2) is 12.8 Å². The van der Waals surface area contributed by atoms with E-state index in [2.05, 4.69) is 0 Å². The molecule has 0 radical (unpaired) electrons. The summed E-state index contributed by atoms with van der Waals surface area (Å²) in [6.45, 7) is 0. The third-order valence-corrected chi connectivity index (χ3v) is 7.21. The molecule has 2 heterocycles. The van der Waals surface area contributed by atoms with E-state index in [0.29, 0.717) is 18.4 Å². The molecule has 4 nitrogen and oxygen atoms in total. The number of fused-ring (bicyclic) bond motifs is 2. The highest BCUT2D eigenvalue weighted by molar-refractivity contribution is 7.93. The van der Waals surface area contributed by atoms with Crippen molar-refractivity contribution < 1.29 is 22.7 Å². The standard InChI is InChI=1S/C14H17FO4S/c1-19-13-11(3-2-4-12(13)15)14(16)7-9-5-6-10(8-14)20(9,17)18/h2-4,9-10,16H,5-8H2,1H3. The van der Waals surface area contributed by atoms with E-state index >= 15 is 0 Å². The minimum absolute atomic E-state index is 0.00805. The maximum atomic E-state index is 13.8. The molecule has 0 aromatic heterocycles. The average molecular weight is 300 g/mol. The number of hydrogen-bond donors (Lipinski definition) is 1. The lowest BCUT2D eigenvalue weighted by atomic mass is 9.85. The fourth-order valence-corrected chi connectivity index (χ4v) is 6.04. The Morgan fingerprint density at radius 1 is 1.30 bits per heavy atom. The Morgan fingerprint density at radius 2 is 1.90 bits per heavy atom. The van der Waals surface area contributed by atoms with Crippen molar-refractivity contribution in [3.05, 3.63) is 29.6 Å². The Kier molecular flexibility index (Phi) is 3.06. The van der Waals surface area contributed by atoms with Crippen LogP contribution in [0.1, 0.15) is 31.2 Å². The molecular weight excluding hydrogens is 283 g/mol. The molecule has 2 atom stereocenters. The second kappa shape index (κ2) is 4.43. The van der Waals surface area contributed by atoms with E-state index in [0.717, 1.165) is 0 Å². The Hall–Kier alpha value is -1.14. The largest absolute Gasteiger partial charge is 0.493 e. The molecule has 0 spiro atoms. The van der Waals surface area contributed by atoms with Crippen LogP contribution < -0.4 is 4.74 Å². The molecule has 0 aliphatic carbocycles. The summed E-state index contributed by atoms with van der Waals surface area (Å²) in [5.74, 6) is -0.534. The number of ether oxygens (including phenoxy) is 1. The van der Waals surface area contributed by atoms with Crippen molar-refractivity contribution in [2.45, 2.75) is 41.8 Å². The fourth-order valence-electron chi connectivity index (χ4n) is 3.55. The Morgan fingerprint density at radius 3 is 2.45 bits per heavy atom. The fraction of sp³-hybridized carbons (Fsp3) is 0.571. The van der Waals surface area contributed by atoms with Gasteiger partial charge in [0.1, 0.15) is 0 Å². The smallest absolute Gasteiger partial charge is 0.165 e. The van der Waals surface area contributed by atoms with Gasteiger partial charge in [-0.05, 0) is 31.7 Å². The van der Waals surface area contributed by atoms with Crippen molar-refractivity contribution in [2.24, 2.45) is 0 Å². The molecule has 1 aromatic carbocycles. The lowest BCUT2D eigenvalue weighted by Crippen LogP contribution is -2.43. The summed E-state index contributed by atoms with van der Waals surface area (Å²) >= 11 is 0. The van der Waals surface area contributed by atoms with Gasteiger partial charge < -0.3 is 9.84 Å². The first-order chi connectivity index (χ1) is 9.38. The highest BCUT2D eigenvalue weighted by Gasteiger charge is 2.54. The van der Waals surface area contributed by atoms with E-state index in [9.17, 15) is 17.9 Å². The topological polar surface area (TPSA) is 63.6 Å². The van der Waals surface area contributed by atoms with Gasteiger partial charge in [-0.3, -0.25) is 0 Å². The summed E-state index contributed by atoms with van der Waals surface area (Å²) in [5, 5.41) is 9.82. The maximum Gasteiger partial charge on any atom is 0.165 e. The van der Waals surface area contributed by atoms with Crippen LogP contribution in [0.3, 0.4) is 0 Å². The lowest BCUT2D eigenvalue weighted by molar-refractivity contribution is 0.0147. The van der Waals surface area contributed by atoms with Crippen molar-refractivity contribution in [1.82, 2.24) is 0 Å². The van der Waals surface area contributed by atoms with E-state index in [1.807, 2.05) is 0 Å². The summed E-state index contributed by atoms with van der Waals surface area (Å²) in [5.41, 5.74) is -0.975. The van der Waals surface area contributed by atoms with Gasteiger partial charge in [-0.2, -0.15) is 0 Å². The van der Waals surface area contributed by atoms with Crippen LogP contribution in [0, 0.1) is 5.82 Å². The molecule has 2 fully saturated rings. The molecule has 2 aliphatic heterocycles. The first-order valence-electron chi connectivity index (χ1n) is 6.66. The number of aliphatic hydroxyl groups is 1. The monoisotopic (exact) mass is 300 g/mol. The minimum atomic E-state index is -3.13. The first kappa shape index (κ1) is 13.8. The average Bonchev–Trinajstić information content (AvgIpc) is 2.59. The van der Waals surface area contributed by atoms with Crippen LogP contribution in [0.4, 0.5) is 4.39 Å². The van der Waals surface area contributed by atoms with Crippen LogP contribution in [0.5, 0.6) is 5.75 Å². The molecule has 0 saturated carbocycles. The zero-order valence-electron chi connectivity index (χ0n) is 11.2. The molecule has 2 aliphatic rings. The molecule has 1 N–H and O–H groups in total. The molecule has 20 heavy (non-hydrogen) atoms. The van der Waals surface area contributed by atoms with Gasteiger partial charge in [0, 0.05) is 5.56 Å². The van der Waals surface area contributed by atoms with E-state index in [4.69, 9.17) is 4.74 Å². The summed E-state index contributed by atoms with van der Waals surface area (Å²) in [6, 6.07) is 4.38. The number of benzene rings is 1. The summed E-state index contributed by atoms with van der Waals surface area (Å²) in [4.78, 5) is 0. The Bertz CT molecular complexity index is 621. The van der Waals surface area contributed by atoms with Crippen LogP contribution in [0.15, 0.2) is 18.2 Å². The second-order valence-corrected chi connectivity index (χ2v) is 8.18. The molecule has 3 rings (SSSR count). The molecule has 0 amide bonds. The zero-order valence-corrected chi connectivity index (χ0v) is 12.0. The number of halogens is 1. The SMILES string of the molecule is COc1c(F)cccc1C1(O)CC2CCC(C1)S2(=O)=O. The zero-order chi connectivity index (χ0) is 14.5. The molecule has 2 saturated heterocycles. The first-order valence-corrected chi connectivity index (χ1v) is 8.27. The molecule has 6 heteroatoms. The highest BCUT2D eigenvalue weighted by atomic mass is 32.2. The molecule has 1 aromatic rings. The second-order valence-electron chi connectivity index (χ2n) is 5.67. The predicted molar refractivity (Wildman–Crippen MR) is 71.8 cm³/mol. The van der Waals surface area contributed by atoms with Gasteiger partial charge in [0.25, 0.3) is 0 Å². The van der Waals surface area contributed by atoms with Crippen molar-refractivity contribution in [3.8, 4) is 5.75 Å². The van der Waals surface area contributed by atoms with Gasteiger partial charge in [-0.15, -0.1) is 0 Å². The molecule has 110 valence electrons. The lowest BCUT2D eigenvalue weighted by Gasteiger charge is -2.37. The van der Waals surface area contributed by atoms with Gasteiger partial charge in [0.2, 0.25) is 0 Å². The van der Waals surface area contributed by atoms with Gasteiger partial charge >= 0.3 is 0 Å². The molecule has 2 bridgehead atoms. The predicted octanol–water partition coefficient (Wildman–Crippen LogP) is 1.76. The van der Waals surface area contributed by atoms with Gasteiger partial charge in [0.05, 0.1) is 23.2 Å². The quantitative estimate of drug-likeness (QED) is 0.904. The number of rotatable bonds is 2. The Balaban J connectivity index is 2.06. The summed E-state index contributed by atoms with van der Waals surface area (Å²) < 4.78 is 43.0. The number of sulfone groups is 1. The van der Waals surface area contributed by atoms with Gasteiger partial charge in [0.15, 0.2) is 21.4 Å². The van der Waals surface area contributed by atoms with E-state index in [1.165, 1.54) is 19.2 Å². The Labute approximate surface area is 117 Å². The number of hydrogen-bond acceptors (Lipinski definition) is 4. The normalized spacial score (nSPS) is 35.0. The molecular formula is C14H17FO4S. The minimum Gasteiger partial charge on any atom is -0.493 e. The third kappa shape index (κ3) is 1.85.